The van der Waals surface area contributed by atoms with Crippen LogP contribution < -0.4 is 4.90 Å². The highest BCUT2D eigenvalue weighted by Crippen LogP contribution is 2.33. The van der Waals surface area contributed by atoms with Crippen LogP contribution in [0, 0.1) is 0 Å². The van der Waals surface area contributed by atoms with E-state index in [0.29, 0.717) is 19.6 Å². The molecule has 9 heteroatoms. The highest BCUT2D eigenvalue weighted by Gasteiger charge is 2.35. The topological polar surface area (TPSA) is 82.9 Å². The Morgan fingerprint density at radius 2 is 2.08 bits per heavy atom. The molecule has 1 aliphatic rings. The van der Waals surface area contributed by atoms with Crippen molar-refractivity contribution in [3.63, 3.8) is 0 Å². The van der Waals surface area contributed by atoms with Gasteiger partial charge in [-0.15, -0.1) is 10.2 Å². The number of rotatable bonds is 4. The van der Waals surface area contributed by atoms with E-state index in [1.165, 1.54) is 0 Å². The van der Waals surface area contributed by atoms with Gasteiger partial charge in [0, 0.05) is 47.9 Å². The fraction of sp³-hybridized carbons (Fsp3) is 0.471. The Labute approximate surface area is 158 Å². The van der Waals surface area contributed by atoms with E-state index >= 15 is 0 Å². The fourth-order valence-corrected chi connectivity index (χ4v) is 3.94. The van der Waals surface area contributed by atoms with Crippen molar-refractivity contribution in [2.45, 2.75) is 32.0 Å². The van der Waals surface area contributed by atoms with E-state index in [9.17, 15) is 9.50 Å². The first-order valence-electron chi connectivity index (χ1n) is 8.65. The number of nitrogens with zero attached hydrogens (tertiary/aromatic N) is 5. The second-order valence-electron chi connectivity index (χ2n) is 6.65. The molecule has 0 aliphatic carbocycles. The first-order chi connectivity index (χ1) is 12.5. The van der Waals surface area contributed by atoms with Crippen molar-refractivity contribution in [1.82, 2.24) is 25.0 Å². The number of hydrogen-bond acceptors (Lipinski definition) is 5. The molecule has 1 saturated heterocycles. The quantitative estimate of drug-likeness (QED) is 0.675. The SMILES string of the molecule is CCn1c(-c2cc(Br)cc3[nH]ncc23)nnc1N1CCC(F)(CO)CC1. The van der Waals surface area contributed by atoms with E-state index in [1.54, 1.807) is 6.20 Å². The monoisotopic (exact) mass is 422 g/mol. The molecule has 3 aromatic rings. The Bertz CT molecular complexity index is 931. The van der Waals surface area contributed by atoms with E-state index in [1.807, 2.05) is 28.5 Å². The van der Waals surface area contributed by atoms with Crippen molar-refractivity contribution >= 4 is 32.8 Å². The predicted molar refractivity (Wildman–Crippen MR) is 101 cm³/mol. The van der Waals surface area contributed by atoms with Crippen molar-refractivity contribution < 1.29 is 9.50 Å². The lowest BCUT2D eigenvalue weighted by molar-refractivity contribution is 0.0478. The highest BCUT2D eigenvalue weighted by molar-refractivity contribution is 9.10. The van der Waals surface area contributed by atoms with Crippen LogP contribution in [0.2, 0.25) is 0 Å². The smallest absolute Gasteiger partial charge is 0.227 e. The molecule has 0 atom stereocenters. The number of aliphatic hydroxyl groups is 1. The van der Waals surface area contributed by atoms with Crippen LogP contribution in [0.4, 0.5) is 10.3 Å². The Kier molecular flexibility index (Phi) is 4.44. The van der Waals surface area contributed by atoms with Crippen LogP contribution in [0.3, 0.4) is 0 Å². The standard InChI is InChI=1S/C17H20BrFN6O/c1-2-25-15(12-7-11(18)8-14-13(12)9-20-21-14)22-23-16(25)24-5-3-17(19,10-26)4-6-24/h7-9,26H,2-6,10H2,1H3,(H,20,21). The lowest BCUT2D eigenvalue weighted by Gasteiger charge is -2.35. The molecule has 3 heterocycles. The summed E-state index contributed by atoms with van der Waals surface area (Å²) in [6.45, 7) is 3.32. The molecule has 0 unspecified atom stereocenters. The maximum atomic E-state index is 14.3. The lowest BCUT2D eigenvalue weighted by atomic mass is 9.94. The summed E-state index contributed by atoms with van der Waals surface area (Å²) < 4.78 is 17.3. The molecule has 7 nitrogen and oxygen atoms in total. The summed E-state index contributed by atoms with van der Waals surface area (Å²) in [6.07, 6.45) is 2.36. The van der Waals surface area contributed by atoms with Crippen LogP contribution in [0.25, 0.3) is 22.3 Å². The average molecular weight is 423 g/mol. The lowest BCUT2D eigenvalue weighted by Crippen LogP contribution is -2.44. The van der Waals surface area contributed by atoms with Gasteiger partial charge in [0.2, 0.25) is 5.95 Å². The number of aliphatic hydroxyl groups excluding tert-OH is 1. The van der Waals surface area contributed by atoms with Gasteiger partial charge in [-0.3, -0.25) is 9.67 Å². The van der Waals surface area contributed by atoms with Gasteiger partial charge >= 0.3 is 0 Å². The highest BCUT2D eigenvalue weighted by atomic mass is 79.9. The molecule has 0 radical (unpaired) electrons. The molecular weight excluding hydrogens is 403 g/mol. The average Bonchev–Trinajstić information content (AvgIpc) is 3.28. The number of nitrogens with one attached hydrogen (secondary N) is 1. The summed E-state index contributed by atoms with van der Waals surface area (Å²) in [6, 6.07) is 3.98. The molecule has 2 N–H and O–H groups in total. The van der Waals surface area contributed by atoms with Gasteiger partial charge in [-0.05, 0) is 19.1 Å². The van der Waals surface area contributed by atoms with Gasteiger partial charge < -0.3 is 10.0 Å². The Morgan fingerprint density at radius 1 is 1.31 bits per heavy atom. The molecular formula is C17H20BrFN6O. The van der Waals surface area contributed by atoms with E-state index in [4.69, 9.17) is 0 Å². The van der Waals surface area contributed by atoms with Crippen LogP contribution in [0.1, 0.15) is 19.8 Å². The van der Waals surface area contributed by atoms with Crippen LogP contribution in [0.5, 0.6) is 0 Å². The third kappa shape index (κ3) is 2.88. The molecule has 138 valence electrons. The van der Waals surface area contributed by atoms with Crippen molar-refractivity contribution in [2.24, 2.45) is 0 Å². The van der Waals surface area contributed by atoms with E-state index in [0.717, 1.165) is 32.7 Å². The normalized spacial score (nSPS) is 17.2. The number of halogens is 2. The minimum atomic E-state index is -1.48. The fourth-order valence-electron chi connectivity index (χ4n) is 3.49. The van der Waals surface area contributed by atoms with E-state index in [-0.39, 0.29) is 12.8 Å². The first-order valence-corrected chi connectivity index (χ1v) is 9.45. The van der Waals surface area contributed by atoms with Crippen LogP contribution in [-0.2, 0) is 6.54 Å². The van der Waals surface area contributed by atoms with Gasteiger partial charge in [-0.2, -0.15) is 5.10 Å². The number of anilines is 1. The molecule has 0 spiro atoms. The van der Waals surface area contributed by atoms with Gasteiger partial charge in [0.15, 0.2) is 5.82 Å². The maximum absolute atomic E-state index is 14.3. The third-order valence-electron chi connectivity index (χ3n) is 5.04. The van der Waals surface area contributed by atoms with Crippen LogP contribution in [-0.4, -0.2) is 55.4 Å². The second kappa shape index (κ2) is 6.62. The third-order valence-corrected chi connectivity index (χ3v) is 5.50. The molecule has 1 aliphatic heterocycles. The number of aromatic nitrogens is 5. The molecule has 0 amide bonds. The van der Waals surface area contributed by atoms with Crippen LogP contribution >= 0.6 is 15.9 Å². The van der Waals surface area contributed by atoms with Crippen molar-refractivity contribution in [2.75, 3.05) is 24.6 Å². The molecule has 1 aromatic carbocycles. The van der Waals surface area contributed by atoms with Crippen molar-refractivity contribution in [3.05, 3.63) is 22.8 Å². The van der Waals surface area contributed by atoms with Gasteiger partial charge in [-0.25, -0.2) is 4.39 Å². The first kappa shape index (κ1) is 17.4. The summed E-state index contributed by atoms with van der Waals surface area (Å²) in [5.41, 5.74) is 0.379. The zero-order valence-electron chi connectivity index (χ0n) is 14.4. The molecule has 2 aromatic heterocycles. The minimum Gasteiger partial charge on any atom is -0.393 e. The Hall–Kier alpha value is -2.00. The number of piperidine rings is 1. The molecule has 26 heavy (non-hydrogen) atoms. The number of alkyl halides is 1. The number of aromatic amines is 1. The molecule has 4 rings (SSSR count). The number of fused-ring (bicyclic) bond motifs is 1. The van der Waals surface area contributed by atoms with Crippen LogP contribution in [0.15, 0.2) is 22.8 Å². The molecule has 0 saturated carbocycles. The van der Waals surface area contributed by atoms with Gasteiger partial charge in [0.25, 0.3) is 0 Å². The summed E-state index contributed by atoms with van der Waals surface area (Å²) in [5, 5.41) is 26.1. The summed E-state index contributed by atoms with van der Waals surface area (Å²) in [4.78, 5) is 2.04. The van der Waals surface area contributed by atoms with Crippen molar-refractivity contribution in [3.8, 4) is 11.4 Å². The summed E-state index contributed by atoms with van der Waals surface area (Å²) in [7, 11) is 0. The van der Waals surface area contributed by atoms with E-state index < -0.39 is 12.3 Å². The molecule has 0 bridgehead atoms. The largest absolute Gasteiger partial charge is 0.393 e. The Balaban J connectivity index is 1.73. The zero-order valence-corrected chi connectivity index (χ0v) is 16.0. The number of benzene rings is 1. The van der Waals surface area contributed by atoms with Crippen molar-refractivity contribution in [1.29, 1.82) is 0 Å². The Morgan fingerprint density at radius 3 is 2.77 bits per heavy atom. The number of H-pyrrole nitrogens is 1. The minimum absolute atomic E-state index is 0.290. The van der Waals surface area contributed by atoms with Gasteiger partial charge in [0.05, 0.1) is 18.3 Å². The van der Waals surface area contributed by atoms with E-state index in [2.05, 4.69) is 36.3 Å². The second-order valence-corrected chi connectivity index (χ2v) is 7.56. The molecule has 1 fully saturated rings. The predicted octanol–water partition coefficient (Wildman–Crippen LogP) is 2.90. The summed E-state index contributed by atoms with van der Waals surface area (Å²) in [5.74, 6) is 1.49. The summed E-state index contributed by atoms with van der Waals surface area (Å²) >= 11 is 3.53. The van der Waals surface area contributed by atoms with Gasteiger partial charge in [0.1, 0.15) is 5.67 Å². The zero-order chi connectivity index (χ0) is 18.3. The van der Waals surface area contributed by atoms with Gasteiger partial charge in [-0.1, -0.05) is 15.9 Å². The maximum Gasteiger partial charge on any atom is 0.227 e. The number of hydrogen-bond donors (Lipinski definition) is 2.